The summed E-state index contributed by atoms with van der Waals surface area (Å²) < 4.78 is 1.83. The molecule has 0 atom stereocenters. The third kappa shape index (κ3) is 3.14. The minimum absolute atomic E-state index is 0.577. The van der Waals surface area contributed by atoms with E-state index in [-0.39, 0.29) is 0 Å². The summed E-state index contributed by atoms with van der Waals surface area (Å²) in [5.74, 6) is 1.59. The van der Waals surface area contributed by atoms with Crippen LogP contribution >= 0.6 is 23.4 Å². The molecule has 0 amide bonds. The number of rotatable bonds is 5. The minimum atomic E-state index is 0.577. The number of benzene rings is 1. The van der Waals surface area contributed by atoms with E-state index in [0.717, 1.165) is 23.7 Å². The Morgan fingerprint density at radius 2 is 2.28 bits per heavy atom. The molecule has 1 heterocycles. The second-order valence-electron chi connectivity index (χ2n) is 3.79. The third-order valence-electron chi connectivity index (χ3n) is 2.38. The van der Waals surface area contributed by atoms with Crippen molar-refractivity contribution in [2.24, 2.45) is 0 Å². The molecule has 2 rings (SSSR count). The van der Waals surface area contributed by atoms with E-state index in [1.54, 1.807) is 17.8 Å². The van der Waals surface area contributed by atoms with Gasteiger partial charge >= 0.3 is 0 Å². The molecule has 0 spiro atoms. The fourth-order valence-corrected chi connectivity index (χ4v) is 2.57. The number of aromatic nitrogens is 4. The molecular formula is C11H14ClN5S. The first-order chi connectivity index (χ1) is 8.70. The molecule has 1 aromatic heterocycles. The lowest BCUT2D eigenvalue weighted by Gasteiger charge is -2.04. The minimum Gasteiger partial charge on any atom is -0.398 e. The van der Waals surface area contributed by atoms with Crippen LogP contribution in [0.3, 0.4) is 0 Å². The molecule has 0 radical (unpaired) electrons. The Balaban J connectivity index is 2.02. The topological polar surface area (TPSA) is 69.6 Å². The van der Waals surface area contributed by atoms with Crippen molar-refractivity contribution >= 4 is 29.1 Å². The Labute approximate surface area is 115 Å². The van der Waals surface area contributed by atoms with Gasteiger partial charge < -0.3 is 5.73 Å². The smallest absolute Gasteiger partial charge is 0.161 e. The average Bonchev–Trinajstić information content (AvgIpc) is 2.79. The van der Waals surface area contributed by atoms with Crippen molar-refractivity contribution in [3.63, 3.8) is 0 Å². The second-order valence-corrected chi connectivity index (χ2v) is 5.25. The maximum atomic E-state index is 5.97. The summed E-state index contributed by atoms with van der Waals surface area (Å²) in [7, 11) is 0. The molecule has 0 unspecified atom stereocenters. The molecule has 0 saturated carbocycles. The molecule has 7 heteroatoms. The van der Waals surface area contributed by atoms with E-state index in [0.29, 0.717) is 16.5 Å². The Kier molecular flexibility index (Phi) is 4.43. The van der Waals surface area contributed by atoms with Gasteiger partial charge in [-0.3, -0.25) is 0 Å². The van der Waals surface area contributed by atoms with Crippen LogP contribution in [0.1, 0.15) is 19.2 Å². The van der Waals surface area contributed by atoms with E-state index in [2.05, 4.69) is 22.4 Å². The van der Waals surface area contributed by atoms with E-state index in [1.807, 2.05) is 16.8 Å². The van der Waals surface area contributed by atoms with Gasteiger partial charge in [-0.05, 0) is 35.0 Å². The lowest BCUT2D eigenvalue weighted by molar-refractivity contribution is 0.564. The molecule has 0 aliphatic rings. The molecule has 2 N–H and O–H groups in total. The zero-order valence-electron chi connectivity index (χ0n) is 10.0. The first-order valence-corrected chi connectivity index (χ1v) is 7.00. The molecule has 0 aliphatic heterocycles. The number of nitrogens with zero attached hydrogens (tertiary/aromatic N) is 4. The van der Waals surface area contributed by atoms with Crippen LogP contribution in [0.2, 0.25) is 5.02 Å². The van der Waals surface area contributed by atoms with Crippen molar-refractivity contribution in [2.75, 3.05) is 5.73 Å². The number of tetrazole rings is 1. The molecule has 5 nitrogen and oxygen atoms in total. The highest BCUT2D eigenvalue weighted by Crippen LogP contribution is 2.27. The van der Waals surface area contributed by atoms with E-state index in [9.17, 15) is 0 Å². The van der Waals surface area contributed by atoms with Crippen molar-refractivity contribution in [1.29, 1.82) is 0 Å². The summed E-state index contributed by atoms with van der Waals surface area (Å²) in [4.78, 5) is 1.06. The van der Waals surface area contributed by atoms with Gasteiger partial charge in [0.1, 0.15) is 0 Å². The monoisotopic (exact) mass is 283 g/mol. The number of hydrogen-bond donors (Lipinski definition) is 1. The predicted octanol–water partition coefficient (Wildman–Crippen LogP) is 2.61. The zero-order valence-corrected chi connectivity index (χ0v) is 11.6. The quantitative estimate of drug-likeness (QED) is 0.675. The third-order valence-corrected chi connectivity index (χ3v) is 3.70. The van der Waals surface area contributed by atoms with E-state index in [4.69, 9.17) is 17.3 Å². The number of nitrogens with two attached hydrogens (primary N) is 1. The molecule has 0 fully saturated rings. The lowest BCUT2D eigenvalue weighted by atomic mass is 10.3. The fraction of sp³-hybridized carbons (Fsp3) is 0.364. The highest BCUT2D eigenvalue weighted by Gasteiger charge is 2.06. The Morgan fingerprint density at radius 3 is 3.00 bits per heavy atom. The number of halogens is 1. The van der Waals surface area contributed by atoms with Crippen LogP contribution in [0.25, 0.3) is 0 Å². The predicted molar refractivity (Wildman–Crippen MR) is 73.5 cm³/mol. The van der Waals surface area contributed by atoms with Gasteiger partial charge in [0.25, 0.3) is 0 Å². The number of nitrogen functional groups attached to an aromatic ring is 1. The van der Waals surface area contributed by atoms with Crippen molar-refractivity contribution in [3.8, 4) is 0 Å². The highest BCUT2D eigenvalue weighted by molar-refractivity contribution is 7.98. The van der Waals surface area contributed by atoms with Crippen LogP contribution < -0.4 is 5.73 Å². The Hall–Kier alpha value is -1.27. The number of thioether (sulfide) groups is 1. The molecule has 18 heavy (non-hydrogen) atoms. The Morgan fingerprint density at radius 1 is 1.44 bits per heavy atom. The summed E-state index contributed by atoms with van der Waals surface area (Å²) in [6.07, 6.45) is 1.01. The van der Waals surface area contributed by atoms with Crippen molar-refractivity contribution < 1.29 is 0 Å². The first kappa shape index (κ1) is 13.2. The van der Waals surface area contributed by atoms with Gasteiger partial charge in [-0.15, -0.1) is 16.9 Å². The average molecular weight is 284 g/mol. The summed E-state index contributed by atoms with van der Waals surface area (Å²) in [5.41, 5.74) is 6.26. The van der Waals surface area contributed by atoms with Gasteiger partial charge in [0.2, 0.25) is 0 Å². The van der Waals surface area contributed by atoms with E-state index < -0.39 is 0 Å². The first-order valence-electron chi connectivity index (χ1n) is 5.63. The molecule has 1 aromatic carbocycles. The van der Waals surface area contributed by atoms with Crippen molar-refractivity contribution in [2.45, 2.75) is 30.5 Å². The SMILES string of the molecule is CCCn1nnnc1CSc1ccc(N)c(Cl)c1. The lowest BCUT2D eigenvalue weighted by Crippen LogP contribution is -2.04. The Bertz CT molecular complexity index is 528. The van der Waals surface area contributed by atoms with Crippen LogP contribution in [0, 0.1) is 0 Å². The molecule has 96 valence electrons. The molecule has 2 aromatic rings. The number of hydrogen-bond acceptors (Lipinski definition) is 5. The number of anilines is 1. The maximum absolute atomic E-state index is 5.97. The second kappa shape index (κ2) is 6.06. The molecular weight excluding hydrogens is 270 g/mol. The zero-order chi connectivity index (χ0) is 13.0. The number of aryl methyl sites for hydroxylation is 1. The van der Waals surface area contributed by atoms with Gasteiger partial charge in [0, 0.05) is 11.4 Å². The van der Waals surface area contributed by atoms with Gasteiger partial charge in [-0.2, -0.15) is 0 Å². The largest absolute Gasteiger partial charge is 0.398 e. The van der Waals surface area contributed by atoms with Crippen molar-refractivity contribution in [3.05, 3.63) is 29.0 Å². The maximum Gasteiger partial charge on any atom is 0.161 e. The molecule has 0 aliphatic carbocycles. The van der Waals surface area contributed by atoms with E-state index >= 15 is 0 Å². The standard InChI is InChI=1S/C11H14ClN5S/c1-2-5-17-11(14-15-16-17)7-18-8-3-4-10(13)9(12)6-8/h3-4,6H,2,5,7,13H2,1H3. The van der Waals surface area contributed by atoms with Gasteiger partial charge in [-0.25, -0.2) is 4.68 Å². The van der Waals surface area contributed by atoms with Crippen LogP contribution in [-0.2, 0) is 12.3 Å². The van der Waals surface area contributed by atoms with Crippen LogP contribution in [0.5, 0.6) is 0 Å². The summed E-state index contributed by atoms with van der Waals surface area (Å²) in [6, 6.07) is 5.61. The summed E-state index contributed by atoms with van der Waals surface area (Å²) >= 11 is 7.61. The molecule has 0 saturated heterocycles. The van der Waals surface area contributed by atoms with Crippen molar-refractivity contribution in [1.82, 2.24) is 20.2 Å². The fourth-order valence-electron chi connectivity index (χ4n) is 1.46. The van der Waals surface area contributed by atoms with Crippen LogP contribution in [0.4, 0.5) is 5.69 Å². The van der Waals surface area contributed by atoms with Gasteiger partial charge in [-0.1, -0.05) is 18.5 Å². The van der Waals surface area contributed by atoms with Crippen LogP contribution in [0.15, 0.2) is 23.1 Å². The highest BCUT2D eigenvalue weighted by atomic mass is 35.5. The van der Waals surface area contributed by atoms with Gasteiger partial charge in [0.15, 0.2) is 5.82 Å². The normalized spacial score (nSPS) is 10.8. The van der Waals surface area contributed by atoms with Crippen LogP contribution in [-0.4, -0.2) is 20.2 Å². The summed E-state index contributed by atoms with van der Waals surface area (Å²) in [6.45, 7) is 2.93. The summed E-state index contributed by atoms with van der Waals surface area (Å²) in [5, 5.41) is 12.2. The van der Waals surface area contributed by atoms with E-state index in [1.165, 1.54) is 0 Å². The van der Waals surface area contributed by atoms with Gasteiger partial charge in [0.05, 0.1) is 16.5 Å². The molecule has 0 bridgehead atoms.